The lowest BCUT2D eigenvalue weighted by atomic mass is 9.99. The second-order valence-corrected chi connectivity index (χ2v) is 6.13. The van der Waals surface area contributed by atoms with Crippen LogP contribution in [0.4, 0.5) is 0 Å². The molecule has 3 rings (SSSR count). The van der Waals surface area contributed by atoms with Crippen LogP contribution in [0.2, 0.25) is 0 Å². The van der Waals surface area contributed by atoms with Crippen LogP contribution in [0.25, 0.3) is 0 Å². The first kappa shape index (κ1) is 14.5. The number of hydrogen-bond acceptors (Lipinski definition) is 6. The molecule has 0 N–H and O–H groups in total. The highest BCUT2D eigenvalue weighted by atomic mass is 79.9. The predicted molar refractivity (Wildman–Crippen MR) is 79.7 cm³/mol. The Morgan fingerprint density at radius 3 is 2.95 bits per heavy atom. The van der Waals surface area contributed by atoms with Crippen LogP contribution < -0.4 is 4.74 Å². The molecule has 0 amide bonds. The first-order valence-corrected chi connectivity index (χ1v) is 7.78. The highest BCUT2D eigenvalue weighted by Crippen LogP contribution is 2.19. The third kappa shape index (κ3) is 4.25. The molecule has 1 aliphatic rings. The lowest BCUT2D eigenvalue weighted by Gasteiger charge is -2.31. The van der Waals surface area contributed by atoms with Crippen LogP contribution in [0.3, 0.4) is 0 Å². The molecule has 0 aromatic carbocycles. The van der Waals surface area contributed by atoms with E-state index >= 15 is 0 Å². The van der Waals surface area contributed by atoms with Crippen LogP contribution >= 0.6 is 15.9 Å². The van der Waals surface area contributed by atoms with Gasteiger partial charge in [0, 0.05) is 31.4 Å². The Balaban J connectivity index is 1.48. The van der Waals surface area contributed by atoms with E-state index in [2.05, 4.69) is 35.8 Å². The highest BCUT2D eigenvalue weighted by molar-refractivity contribution is 9.10. The first-order chi connectivity index (χ1) is 10.3. The number of rotatable bonds is 5. The lowest BCUT2D eigenvalue weighted by Crippen LogP contribution is -2.37. The Kier molecular flexibility index (Phi) is 4.82. The number of ether oxygens (including phenoxy) is 1. The minimum Gasteiger partial charge on any atom is -0.463 e. The van der Waals surface area contributed by atoms with Gasteiger partial charge in [-0.2, -0.15) is 0 Å². The fourth-order valence-corrected chi connectivity index (χ4v) is 2.75. The molecule has 0 saturated carbocycles. The van der Waals surface area contributed by atoms with E-state index in [9.17, 15) is 0 Å². The average molecular weight is 353 g/mol. The molecule has 1 atom stereocenters. The molecule has 1 fully saturated rings. The van der Waals surface area contributed by atoms with Gasteiger partial charge in [-0.05, 0) is 35.3 Å². The first-order valence-electron chi connectivity index (χ1n) is 6.99. The summed E-state index contributed by atoms with van der Waals surface area (Å²) in [4.78, 5) is 14.8. The summed E-state index contributed by atoms with van der Waals surface area (Å²) in [6.45, 7) is 3.58. The van der Waals surface area contributed by atoms with E-state index in [0.717, 1.165) is 29.8 Å². The van der Waals surface area contributed by atoms with Gasteiger partial charge in [0.2, 0.25) is 0 Å². The quantitative estimate of drug-likeness (QED) is 0.823. The van der Waals surface area contributed by atoms with Gasteiger partial charge < -0.3 is 9.15 Å². The van der Waals surface area contributed by atoms with Crippen LogP contribution in [-0.4, -0.2) is 39.5 Å². The number of halogens is 1. The van der Waals surface area contributed by atoms with Crippen LogP contribution in [0, 0.1) is 5.92 Å². The molecular weight excluding hydrogens is 336 g/mol. The van der Waals surface area contributed by atoms with Gasteiger partial charge in [-0.3, -0.25) is 4.90 Å². The molecule has 2 aromatic rings. The van der Waals surface area contributed by atoms with Crippen LogP contribution in [0.1, 0.15) is 18.5 Å². The molecule has 0 bridgehead atoms. The fraction of sp³-hybridized carbons (Fsp3) is 0.500. The molecule has 112 valence electrons. The Hall–Kier alpha value is -1.47. The van der Waals surface area contributed by atoms with Crippen molar-refractivity contribution in [3.63, 3.8) is 0 Å². The van der Waals surface area contributed by atoms with E-state index in [0.29, 0.717) is 18.5 Å². The highest BCUT2D eigenvalue weighted by Gasteiger charge is 2.21. The van der Waals surface area contributed by atoms with E-state index in [4.69, 9.17) is 9.15 Å². The van der Waals surface area contributed by atoms with Crippen molar-refractivity contribution in [1.29, 1.82) is 0 Å². The van der Waals surface area contributed by atoms with Crippen molar-refractivity contribution >= 4 is 15.9 Å². The number of aromatic nitrogens is 3. The second-order valence-electron chi connectivity index (χ2n) is 5.22. The van der Waals surface area contributed by atoms with E-state index < -0.39 is 0 Å². The molecule has 21 heavy (non-hydrogen) atoms. The molecule has 6 nitrogen and oxygen atoms in total. The normalized spacial score (nSPS) is 19.6. The number of likely N-dealkylation sites (tertiary alicyclic amines) is 1. The maximum atomic E-state index is 5.68. The molecule has 1 aliphatic heterocycles. The summed E-state index contributed by atoms with van der Waals surface area (Å²) in [5, 5.41) is 0. The summed E-state index contributed by atoms with van der Waals surface area (Å²) < 4.78 is 11.5. The van der Waals surface area contributed by atoms with Crippen molar-refractivity contribution in [3.8, 4) is 6.01 Å². The fourth-order valence-electron chi connectivity index (χ4n) is 2.54. The molecule has 0 aliphatic carbocycles. The predicted octanol–water partition coefficient (Wildman–Crippen LogP) is 2.52. The van der Waals surface area contributed by atoms with E-state index in [1.165, 1.54) is 19.2 Å². The number of hydrogen-bond donors (Lipinski definition) is 0. The zero-order valence-corrected chi connectivity index (χ0v) is 13.2. The van der Waals surface area contributed by atoms with Gasteiger partial charge >= 0.3 is 6.01 Å². The molecule has 7 heteroatoms. The third-order valence-corrected chi connectivity index (χ3v) is 3.93. The van der Waals surface area contributed by atoms with Crippen molar-refractivity contribution in [2.45, 2.75) is 19.4 Å². The van der Waals surface area contributed by atoms with Crippen molar-refractivity contribution in [2.75, 3.05) is 19.7 Å². The van der Waals surface area contributed by atoms with Crippen molar-refractivity contribution in [3.05, 3.63) is 35.2 Å². The van der Waals surface area contributed by atoms with E-state index in [1.807, 2.05) is 0 Å². The summed E-state index contributed by atoms with van der Waals surface area (Å²) in [5.74, 6) is 0.498. The van der Waals surface area contributed by atoms with Gasteiger partial charge in [0.15, 0.2) is 6.39 Å². The van der Waals surface area contributed by atoms with Crippen LogP contribution in [0.15, 0.2) is 33.9 Å². The van der Waals surface area contributed by atoms with Gasteiger partial charge in [0.1, 0.15) is 6.26 Å². The average Bonchev–Trinajstić information content (AvgIpc) is 3.00. The number of nitrogens with zero attached hydrogens (tertiary/aromatic N) is 4. The zero-order chi connectivity index (χ0) is 14.5. The standard InChI is InChI=1S/C14H17BrN4O2/c15-12-4-16-14(17-5-12)21-8-11-2-1-3-19(6-11)7-13-9-20-10-18-13/h4-5,9-11H,1-3,6-8H2. The largest absolute Gasteiger partial charge is 0.463 e. The minimum absolute atomic E-state index is 0.437. The molecule has 2 aromatic heterocycles. The Morgan fingerprint density at radius 2 is 2.19 bits per heavy atom. The second kappa shape index (κ2) is 7.00. The summed E-state index contributed by atoms with van der Waals surface area (Å²) >= 11 is 3.31. The summed E-state index contributed by atoms with van der Waals surface area (Å²) in [7, 11) is 0. The summed E-state index contributed by atoms with van der Waals surface area (Å²) in [5.41, 5.74) is 0.979. The molecule has 1 saturated heterocycles. The SMILES string of the molecule is Brc1cnc(OCC2CCCN(Cc3cocn3)C2)nc1. The van der Waals surface area contributed by atoms with Crippen LogP contribution in [-0.2, 0) is 6.54 Å². The smallest absolute Gasteiger partial charge is 0.316 e. The van der Waals surface area contributed by atoms with Crippen molar-refractivity contribution in [1.82, 2.24) is 19.9 Å². The maximum absolute atomic E-state index is 5.68. The lowest BCUT2D eigenvalue weighted by molar-refractivity contribution is 0.119. The zero-order valence-electron chi connectivity index (χ0n) is 11.6. The summed E-state index contributed by atoms with van der Waals surface area (Å²) in [6.07, 6.45) is 8.92. The minimum atomic E-state index is 0.437. The molecule has 0 spiro atoms. The van der Waals surface area contributed by atoms with Gasteiger partial charge in [-0.15, -0.1) is 0 Å². The van der Waals surface area contributed by atoms with Crippen LogP contribution in [0.5, 0.6) is 6.01 Å². The Labute approximate surface area is 131 Å². The Bertz CT molecular complexity index is 547. The van der Waals surface area contributed by atoms with Crippen molar-refractivity contribution in [2.24, 2.45) is 5.92 Å². The third-order valence-electron chi connectivity index (χ3n) is 3.52. The van der Waals surface area contributed by atoms with E-state index in [-0.39, 0.29) is 0 Å². The number of piperidine rings is 1. The maximum Gasteiger partial charge on any atom is 0.316 e. The van der Waals surface area contributed by atoms with Gasteiger partial charge in [-0.25, -0.2) is 15.0 Å². The molecule has 1 unspecified atom stereocenters. The summed E-state index contributed by atoms with van der Waals surface area (Å²) in [6, 6.07) is 0.437. The molecule has 3 heterocycles. The molecule has 0 radical (unpaired) electrons. The van der Waals surface area contributed by atoms with Crippen molar-refractivity contribution < 1.29 is 9.15 Å². The molecular formula is C14H17BrN4O2. The topological polar surface area (TPSA) is 64.3 Å². The van der Waals surface area contributed by atoms with E-state index in [1.54, 1.807) is 18.7 Å². The number of oxazole rings is 1. The Morgan fingerprint density at radius 1 is 1.33 bits per heavy atom. The van der Waals surface area contributed by atoms with Gasteiger partial charge in [0.05, 0.1) is 16.8 Å². The van der Waals surface area contributed by atoms with Gasteiger partial charge in [-0.1, -0.05) is 0 Å². The monoisotopic (exact) mass is 352 g/mol. The van der Waals surface area contributed by atoms with Gasteiger partial charge in [0.25, 0.3) is 0 Å².